The number of hydrogen-bond donors (Lipinski definition) is 0. The average Bonchev–Trinajstić information content (AvgIpc) is 2.14. The van der Waals surface area contributed by atoms with Crippen LogP contribution >= 0.6 is 0 Å². The lowest BCUT2D eigenvalue weighted by molar-refractivity contribution is -0.141. The lowest BCUT2D eigenvalue weighted by Crippen LogP contribution is -2.14. The average molecular weight is 214 g/mol. The van der Waals surface area contributed by atoms with Crippen LogP contribution in [0.4, 0.5) is 0 Å². The summed E-state index contributed by atoms with van der Waals surface area (Å²) >= 11 is 0. The van der Waals surface area contributed by atoms with Crippen LogP contribution in [0.3, 0.4) is 0 Å². The third-order valence-corrected chi connectivity index (χ3v) is 1.69. The highest BCUT2D eigenvalue weighted by atomic mass is 16.5. The normalized spacial score (nSPS) is 11.4. The van der Waals surface area contributed by atoms with Crippen LogP contribution in [0.25, 0.3) is 0 Å². The first-order chi connectivity index (χ1) is 7.02. The molecule has 0 aliphatic rings. The van der Waals surface area contributed by atoms with E-state index in [-0.39, 0.29) is 5.92 Å². The van der Waals surface area contributed by atoms with Crippen LogP contribution in [-0.2, 0) is 19.1 Å². The molecule has 0 radical (unpaired) electrons. The van der Waals surface area contributed by atoms with E-state index in [1.165, 1.54) is 6.08 Å². The van der Waals surface area contributed by atoms with Crippen molar-refractivity contribution in [3.8, 4) is 0 Å². The molecule has 0 aromatic carbocycles. The molecule has 0 aliphatic heterocycles. The van der Waals surface area contributed by atoms with Gasteiger partial charge in [-0.2, -0.15) is 0 Å². The Balaban J connectivity index is 4.65. The van der Waals surface area contributed by atoms with Crippen LogP contribution in [0.1, 0.15) is 27.7 Å². The Labute approximate surface area is 90.2 Å². The quantitative estimate of drug-likeness (QED) is 0.516. The second-order valence-corrected chi connectivity index (χ2v) is 3.23. The van der Waals surface area contributed by atoms with Crippen LogP contribution in [-0.4, -0.2) is 25.2 Å². The van der Waals surface area contributed by atoms with E-state index in [0.29, 0.717) is 18.8 Å². The molecule has 4 heteroatoms. The summed E-state index contributed by atoms with van der Waals surface area (Å²) in [6.07, 6.45) is 1.20. The molecule has 0 rings (SSSR count). The van der Waals surface area contributed by atoms with Crippen LogP contribution < -0.4 is 0 Å². The van der Waals surface area contributed by atoms with Gasteiger partial charge in [0.1, 0.15) is 0 Å². The predicted molar refractivity (Wildman–Crippen MR) is 56.2 cm³/mol. The van der Waals surface area contributed by atoms with Crippen molar-refractivity contribution in [1.82, 2.24) is 0 Å². The van der Waals surface area contributed by atoms with E-state index in [4.69, 9.17) is 9.47 Å². The molecule has 0 fully saturated rings. The van der Waals surface area contributed by atoms with Gasteiger partial charge in [-0.05, 0) is 19.8 Å². The van der Waals surface area contributed by atoms with Crippen molar-refractivity contribution in [2.45, 2.75) is 27.7 Å². The topological polar surface area (TPSA) is 52.6 Å². The zero-order chi connectivity index (χ0) is 11.8. The molecule has 0 N–H and O–H groups in total. The highest BCUT2D eigenvalue weighted by molar-refractivity contribution is 5.96. The van der Waals surface area contributed by atoms with E-state index in [1.807, 2.05) is 13.8 Å². The zero-order valence-corrected chi connectivity index (χ0v) is 9.70. The minimum atomic E-state index is -0.505. The van der Waals surface area contributed by atoms with Crippen LogP contribution in [0, 0.1) is 5.92 Å². The molecule has 0 atom stereocenters. The lowest BCUT2D eigenvalue weighted by Gasteiger charge is -2.09. The van der Waals surface area contributed by atoms with Crippen LogP contribution in [0.2, 0.25) is 0 Å². The maximum atomic E-state index is 11.4. The molecule has 0 aromatic rings. The molecule has 0 unspecified atom stereocenters. The van der Waals surface area contributed by atoms with Crippen molar-refractivity contribution in [2.24, 2.45) is 5.92 Å². The maximum absolute atomic E-state index is 11.4. The first-order valence-corrected chi connectivity index (χ1v) is 5.08. The van der Waals surface area contributed by atoms with Crippen molar-refractivity contribution in [3.63, 3.8) is 0 Å². The fourth-order valence-corrected chi connectivity index (χ4v) is 0.987. The first kappa shape index (κ1) is 13.7. The van der Waals surface area contributed by atoms with E-state index in [0.717, 1.165) is 0 Å². The molecule has 0 aliphatic carbocycles. The number of hydrogen-bond acceptors (Lipinski definition) is 4. The molecule has 15 heavy (non-hydrogen) atoms. The van der Waals surface area contributed by atoms with Gasteiger partial charge in [-0.1, -0.05) is 13.8 Å². The van der Waals surface area contributed by atoms with Crippen molar-refractivity contribution in [1.29, 1.82) is 0 Å². The Bertz CT molecular complexity index is 253. The minimum Gasteiger partial charge on any atom is -0.463 e. The third-order valence-electron chi connectivity index (χ3n) is 1.69. The standard InChI is InChI=1S/C11H18O4/c1-5-14-10(12)7-9(8(3)4)11(13)15-6-2/h7-8H,5-6H2,1-4H3/b9-7-. The highest BCUT2D eigenvalue weighted by Crippen LogP contribution is 2.11. The first-order valence-electron chi connectivity index (χ1n) is 5.08. The number of esters is 2. The SMILES string of the molecule is CCOC(=O)/C=C(\C(=O)OCC)C(C)C. The Morgan fingerprint density at radius 3 is 2.07 bits per heavy atom. The summed E-state index contributed by atoms with van der Waals surface area (Å²) in [6.45, 7) is 7.67. The summed E-state index contributed by atoms with van der Waals surface area (Å²) in [7, 11) is 0. The molecule has 4 nitrogen and oxygen atoms in total. The zero-order valence-electron chi connectivity index (χ0n) is 9.70. The molecular formula is C11H18O4. The molecule has 0 amide bonds. The number of carbonyl (C=O) groups excluding carboxylic acids is 2. The second-order valence-electron chi connectivity index (χ2n) is 3.23. The van der Waals surface area contributed by atoms with Gasteiger partial charge in [-0.3, -0.25) is 0 Å². The molecule has 0 saturated heterocycles. The lowest BCUT2D eigenvalue weighted by atomic mass is 10.0. The predicted octanol–water partition coefficient (Wildman–Crippen LogP) is 1.70. The Morgan fingerprint density at radius 2 is 1.67 bits per heavy atom. The van der Waals surface area contributed by atoms with Gasteiger partial charge in [0.05, 0.1) is 13.2 Å². The van der Waals surface area contributed by atoms with Gasteiger partial charge >= 0.3 is 11.9 Å². The van der Waals surface area contributed by atoms with Crippen molar-refractivity contribution < 1.29 is 19.1 Å². The molecular weight excluding hydrogens is 196 g/mol. The Hall–Kier alpha value is -1.32. The van der Waals surface area contributed by atoms with Gasteiger partial charge in [0.15, 0.2) is 0 Å². The van der Waals surface area contributed by atoms with Gasteiger partial charge < -0.3 is 9.47 Å². The van der Waals surface area contributed by atoms with Gasteiger partial charge in [-0.25, -0.2) is 9.59 Å². The molecule has 0 bridgehead atoms. The van der Waals surface area contributed by atoms with E-state index in [1.54, 1.807) is 13.8 Å². The van der Waals surface area contributed by atoms with Gasteiger partial charge in [0, 0.05) is 11.6 Å². The van der Waals surface area contributed by atoms with Crippen LogP contribution in [0.5, 0.6) is 0 Å². The summed E-state index contributed by atoms with van der Waals surface area (Å²) in [5, 5.41) is 0. The van der Waals surface area contributed by atoms with E-state index in [9.17, 15) is 9.59 Å². The summed E-state index contributed by atoms with van der Waals surface area (Å²) in [6, 6.07) is 0. The monoisotopic (exact) mass is 214 g/mol. The molecule has 0 aromatic heterocycles. The van der Waals surface area contributed by atoms with Gasteiger partial charge in [-0.15, -0.1) is 0 Å². The molecule has 0 saturated carbocycles. The van der Waals surface area contributed by atoms with E-state index >= 15 is 0 Å². The van der Waals surface area contributed by atoms with Gasteiger partial charge in [0.25, 0.3) is 0 Å². The smallest absolute Gasteiger partial charge is 0.334 e. The second kappa shape index (κ2) is 7.04. The minimum absolute atomic E-state index is 0.0616. The Kier molecular flexibility index (Phi) is 6.42. The summed E-state index contributed by atoms with van der Waals surface area (Å²) in [4.78, 5) is 22.6. The largest absolute Gasteiger partial charge is 0.463 e. The number of ether oxygens (including phenoxy) is 2. The Morgan fingerprint density at radius 1 is 1.13 bits per heavy atom. The number of carbonyl (C=O) groups is 2. The molecule has 0 heterocycles. The summed E-state index contributed by atoms with van der Waals surface area (Å²) in [5.74, 6) is -1.02. The highest BCUT2D eigenvalue weighted by Gasteiger charge is 2.16. The van der Waals surface area contributed by atoms with Gasteiger partial charge in [0.2, 0.25) is 0 Å². The van der Waals surface area contributed by atoms with Crippen molar-refractivity contribution >= 4 is 11.9 Å². The van der Waals surface area contributed by atoms with E-state index < -0.39 is 11.9 Å². The van der Waals surface area contributed by atoms with Crippen molar-refractivity contribution in [3.05, 3.63) is 11.6 Å². The fraction of sp³-hybridized carbons (Fsp3) is 0.636. The molecule has 0 spiro atoms. The summed E-state index contributed by atoms with van der Waals surface area (Å²) in [5.41, 5.74) is 0.343. The third kappa shape index (κ3) is 5.20. The van der Waals surface area contributed by atoms with Crippen LogP contribution in [0.15, 0.2) is 11.6 Å². The fourth-order valence-electron chi connectivity index (χ4n) is 0.987. The maximum Gasteiger partial charge on any atom is 0.334 e. The van der Waals surface area contributed by atoms with E-state index in [2.05, 4.69) is 0 Å². The molecule has 86 valence electrons. The van der Waals surface area contributed by atoms with Crippen molar-refractivity contribution in [2.75, 3.05) is 13.2 Å². The number of rotatable bonds is 5. The summed E-state index contributed by atoms with van der Waals surface area (Å²) < 4.78 is 9.56.